The predicted molar refractivity (Wildman–Crippen MR) is 103 cm³/mol. The van der Waals surface area contributed by atoms with Gasteiger partial charge in [0, 0.05) is 26.1 Å². The van der Waals surface area contributed by atoms with E-state index < -0.39 is 0 Å². The number of hydrogen-bond donors (Lipinski definition) is 1. The molecule has 1 aromatic carbocycles. The molecule has 0 aromatic heterocycles. The fourth-order valence-corrected chi connectivity index (χ4v) is 4.17. The summed E-state index contributed by atoms with van der Waals surface area (Å²) < 4.78 is 5.59. The molecular formula is C19H30ClN3O2. The normalized spacial score (nSPS) is 21.9. The van der Waals surface area contributed by atoms with Gasteiger partial charge in [0.25, 0.3) is 0 Å². The minimum absolute atomic E-state index is 0. The molecule has 0 saturated carbocycles. The molecule has 1 amide bonds. The van der Waals surface area contributed by atoms with Crippen molar-refractivity contribution >= 4 is 18.5 Å². The van der Waals surface area contributed by atoms with Crippen molar-refractivity contribution in [1.82, 2.24) is 9.80 Å². The number of likely N-dealkylation sites (tertiary alicyclic amines) is 1. The van der Waals surface area contributed by atoms with Crippen LogP contribution in [0.3, 0.4) is 0 Å². The van der Waals surface area contributed by atoms with Gasteiger partial charge in [0.2, 0.25) is 0 Å². The van der Waals surface area contributed by atoms with E-state index in [4.69, 9.17) is 10.5 Å². The summed E-state index contributed by atoms with van der Waals surface area (Å²) in [4.78, 5) is 16.0. The summed E-state index contributed by atoms with van der Waals surface area (Å²) in [7, 11) is 3.42. The zero-order chi connectivity index (χ0) is 17.1. The predicted octanol–water partition coefficient (Wildman–Crippen LogP) is 3.01. The molecular weight excluding hydrogens is 338 g/mol. The van der Waals surface area contributed by atoms with E-state index in [0.717, 1.165) is 38.1 Å². The highest BCUT2D eigenvalue weighted by Gasteiger charge is 2.39. The van der Waals surface area contributed by atoms with E-state index in [1.54, 1.807) is 14.1 Å². The highest BCUT2D eigenvalue weighted by molar-refractivity contribution is 5.85. The maximum absolute atomic E-state index is 11.9. The molecule has 1 aromatic rings. The Morgan fingerprint density at radius 1 is 1.32 bits per heavy atom. The van der Waals surface area contributed by atoms with Crippen LogP contribution in [-0.2, 0) is 6.42 Å². The first kappa shape index (κ1) is 20.0. The Balaban J connectivity index is 0.00000225. The maximum Gasteiger partial charge on any atom is 0.414 e. The van der Waals surface area contributed by atoms with Gasteiger partial charge in [-0.2, -0.15) is 0 Å². The number of ether oxygens (including phenoxy) is 1. The molecule has 25 heavy (non-hydrogen) atoms. The van der Waals surface area contributed by atoms with Crippen LogP contribution < -0.4 is 10.5 Å². The molecule has 1 heterocycles. The molecule has 3 rings (SSSR count). The number of carbonyl (C=O) groups excluding carboxylic acids is 1. The topological polar surface area (TPSA) is 58.8 Å². The van der Waals surface area contributed by atoms with Crippen LogP contribution in [0.1, 0.15) is 42.7 Å². The number of halogens is 1. The van der Waals surface area contributed by atoms with Gasteiger partial charge >= 0.3 is 6.09 Å². The summed E-state index contributed by atoms with van der Waals surface area (Å²) in [5, 5.41) is 0. The van der Waals surface area contributed by atoms with Crippen LogP contribution in [0.5, 0.6) is 5.75 Å². The fourth-order valence-electron chi connectivity index (χ4n) is 4.17. The molecule has 1 saturated heterocycles. The summed E-state index contributed by atoms with van der Waals surface area (Å²) in [6, 6.07) is 6.81. The van der Waals surface area contributed by atoms with Crippen molar-refractivity contribution < 1.29 is 9.53 Å². The summed E-state index contributed by atoms with van der Waals surface area (Å²) in [6.07, 6.45) is 5.32. The van der Waals surface area contributed by atoms with Crippen LogP contribution in [0.2, 0.25) is 0 Å². The van der Waals surface area contributed by atoms with Gasteiger partial charge < -0.3 is 15.4 Å². The van der Waals surface area contributed by atoms with Gasteiger partial charge in [-0.15, -0.1) is 12.4 Å². The molecule has 0 spiro atoms. The Labute approximate surface area is 156 Å². The Hall–Kier alpha value is -1.30. The van der Waals surface area contributed by atoms with E-state index in [0.29, 0.717) is 12.0 Å². The van der Waals surface area contributed by atoms with Crippen LogP contribution in [-0.4, -0.2) is 55.7 Å². The quantitative estimate of drug-likeness (QED) is 0.813. The van der Waals surface area contributed by atoms with Gasteiger partial charge in [-0.1, -0.05) is 12.1 Å². The largest absolute Gasteiger partial charge is 0.414 e. The van der Waals surface area contributed by atoms with E-state index in [9.17, 15) is 4.79 Å². The number of unbranched alkanes of at least 4 members (excludes halogenated alkanes) is 1. The Morgan fingerprint density at radius 2 is 2.12 bits per heavy atom. The van der Waals surface area contributed by atoms with Crippen molar-refractivity contribution in [2.24, 2.45) is 5.73 Å². The average molecular weight is 368 g/mol. The van der Waals surface area contributed by atoms with Gasteiger partial charge in [0.05, 0.1) is 0 Å². The molecule has 0 bridgehead atoms. The molecule has 2 N–H and O–H groups in total. The van der Waals surface area contributed by atoms with Crippen molar-refractivity contribution in [3.8, 4) is 5.75 Å². The number of benzene rings is 1. The molecule has 6 heteroatoms. The smallest absolute Gasteiger partial charge is 0.410 e. The van der Waals surface area contributed by atoms with Crippen LogP contribution in [0.25, 0.3) is 0 Å². The Kier molecular flexibility index (Phi) is 7.11. The lowest BCUT2D eigenvalue weighted by Gasteiger charge is -2.34. The molecule has 2 aliphatic rings. The lowest BCUT2D eigenvalue weighted by molar-refractivity contribution is 0.170. The van der Waals surface area contributed by atoms with Crippen LogP contribution in [0.4, 0.5) is 4.79 Å². The van der Waals surface area contributed by atoms with E-state index >= 15 is 0 Å². The zero-order valence-corrected chi connectivity index (χ0v) is 16.1. The third kappa shape index (κ3) is 4.27. The summed E-state index contributed by atoms with van der Waals surface area (Å²) >= 11 is 0. The van der Waals surface area contributed by atoms with Gasteiger partial charge in [0.1, 0.15) is 5.75 Å². The first-order valence-corrected chi connectivity index (χ1v) is 9.07. The van der Waals surface area contributed by atoms with Crippen LogP contribution >= 0.6 is 12.4 Å². The molecule has 5 nitrogen and oxygen atoms in total. The van der Waals surface area contributed by atoms with Crippen molar-refractivity contribution in [1.29, 1.82) is 0 Å². The third-order valence-electron chi connectivity index (χ3n) is 5.38. The Morgan fingerprint density at radius 3 is 2.84 bits per heavy atom. The van der Waals surface area contributed by atoms with Gasteiger partial charge in [-0.3, -0.25) is 4.90 Å². The minimum Gasteiger partial charge on any atom is -0.410 e. The first-order chi connectivity index (χ1) is 11.6. The van der Waals surface area contributed by atoms with Crippen LogP contribution in [0.15, 0.2) is 18.2 Å². The van der Waals surface area contributed by atoms with E-state index in [1.807, 2.05) is 12.1 Å². The SMILES string of the molecule is CN(C)C(=O)Oc1cccc2c1CCC1C2CCN1CCCCN.Cl. The molecule has 1 fully saturated rings. The average Bonchev–Trinajstić information content (AvgIpc) is 2.99. The zero-order valence-electron chi connectivity index (χ0n) is 15.2. The van der Waals surface area contributed by atoms with E-state index in [2.05, 4.69) is 11.0 Å². The van der Waals surface area contributed by atoms with E-state index in [1.165, 1.54) is 35.4 Å². The van der Waals surface area contributed by atoms with Crippen molar-refractivity contribution in [3.05, 3.63) is 29.3 Å². The standard InChI is InChI=1S/C19H29N3O2.ClH/c1-21(2)19(23)24-18-7-5-6-14-15-10-13-22(12-4-3-11-20)17(15)9-8-16(14)18;/h5-7,15,17H,3-4,8-13,20H2,1-2H3;1H. The molecule has 140 valence electrons. The highest BCUT2D eigenvalue weighted by Crippen LogP contribution is 2.44. The molecule has 1 aliphatic heterocycles. The number of nitrogens with two attached hydrogens (primary N) is 1. The fraction of sp³-hybridized carbons (Fsp3) is 0.632. The van der Waals surface area contributed by atoms with Gasteiger partial charge in [0.15, 0.2) is 0 Å². The third-order valence-corrected chi connectivity index (χ3v) is 5.38. The second-order valence-corrected chi connectivity index (χ2v) is 7.12. The lowest BCUT2D eigenvalue weighted by atomic mass is 9.79. The number of rotatable bonds is 5. The summed E-state index contributed by atoms with van der Waals surface area (Å²) in [6.45, 7) is 3.11. The van der Waals surface area contributed by atoms with Crippen LogP contribution in [0, 0.1) is 0 Å². The van der Waals surface area contributed by atoms with Crippen molar-refractivity contribution in [2.75, 3.05) is 33.7 Å². The van der Waals surface area contributed by atoms with Gasteiger partial charge in [-0.05, 0) is 68.9 Å². The lowest BCUT2D eigenvalue weighted by Crippen LogP contribution is -2.36. The number of fused-ring (bicyclic) bond motifs is 3. The molecule has 0 radical (unpaired) electrons. The summed E-state index contributed by atoms with van der Waals surface area (Å²) in [5.74, 6) is 1.32. The first-order valence-electron chi connectivity index (χ1n) is 9.07. The van der Waals surface area contributed by atoms with E-state index in [-0.39, 0.29) is 18.5 Å². The Bertz CT molecular complexity index is 594. The monoisotopic (exact) mass is 367 g/mol. The highest BCUT2D eigenvalue weighted by atomic mass is 35.5. The van der Waals surface area contributed by atoms with Crippen molar-refractivity contribution in [3.63, 3.8) is 0 Å². The molecule has 1 aliphatic carbocycles. The molecule has 2 unspecified atom stereocenters. The second-order valence-electron chi connectivity index (χ2n) is 7.12. The van der Waals surface area contributed by atoms with Crippen molar-refractivity contribution in [2.45, 2.75) is 44.1 Å². The molecule has 2 atom stereocenters. The number of nitrogens with zero attached hydrogens (tertiary/aromatic N) is 2. The summed E-state index contributed by atoms with van der Waals surface area (Å²) in [5.41, 5.74) is 8.24. The van der Waals surface area contributed by atoms with Gasteiger partial charge in [-0.25, -0.2) is 4.79 Å². The maximum atomic E-state index is 11.9. The second kappa shape index (κ2) is 8.88. The number of hydrogen-bond acceptors (Lipinski definition) is 4. The number of amides is 1. The minimum atomic E-state index is -0.305. The number of carbonyl (C=O) groups is 1.